The SMILES string of the molecule is CC(=Cc1ccccc1)/C=N\Nc1nn2cnnc2c2ccccc12. The van der Waals surface area contributed by atoms with Crippen LogP contribution in [0.4, 0.5) is 5.82 Å². The summed E-state index contributed by atoms with van der Waals surface area (Å²) in [5, 5.41) is 18.8. The molecular formula is C19H16N6. The van der Waals surface area contributed by atoms with Crippen molar-refractivity contribution in [1.29, 1.82) is 0 Å². The molecule has 0 saturated carbocycles. The zero-order chi connectivity index (χ0) is 17.1. The molecule has 6 nitrogen and oxygen atoms in total. The average molecular weight is 328 g/mol. The lowest BCUT2D eigenvalue weighted by Gasteiger charge is -2.05. The van der Waals surface area contributed by atoms with Crippen molar-refractivity contribution in [1.82, 2.24) is 19.8 Å². The molecule has 0 unspecified atom stereocenters. The topological polar surface area (TPSA) is 67.5 Å². The minimum Gasteiger partial charge on any atom is -0.259 e. The number of allylic oxidation sites excluding steroid dienone is 1. The summed E-state index contributed by atoms with van der Waals surface area (Å²) in [6.45, 7) is 2.01. The van der Waals surface area contributed by atoms with Crippen molar-refractivity contribution in [3.05, 3.63) is 72.1 Å². The summed E-state index contributed by atoms with van der Waals surface area (Å²) in [4.78, 5) is 0. The predicted molar refractivity (Wildman–Crippen MR) is 100 cm³/mol. The molecule has 25 heavy (non-hydrogen) atoms. The van der Waals surface area contributed by atoms with E-state index in [1.165, 1.54) is 0 Å². The van der Waals surface area contributed by atoms with E-state index in [1.807, 2.05) is 49.4 Å². The third-order valence-electron chi connectivity index (χ3n) is 3.79. The van der Waals surface area contributed by atoms with Gasteiger partial charge in [0.25, 0.3) is 0 Å². The Bertz CT molecular complexity index is 1080. The van der Waals surface area contributed by atoms with Crippen LogP contribution in [0.25, 0.3) is 22.5 Å². The van der Waals surface area contributed by atoms with Crippen LogP contribution in [-0.2, 0) is 0 Å². The summed E-state index contributed by atoms with van der Waals surface area (Å²) >= 11 is 0. The van der Waals surface area contributed by atoms with Crippen molar-refractivity contribution in [2.24, 2.45) is 5.10 Å². The molecule has 0 bridgehead atoms. The van der Waals surface area contributed by atoms with E-state index in [0.717, 1.165) is 27.6 Å². The molecule has 4 aromatic rings. The van der Waals surface area contributed by atoms with Gasteiger partial charge in [-0.05, 0) is 18.1 Å². The molecule has 0 aliphatic rings. The summed E-state index contributed by atoms with van der Waals surface area (Å²) in [6.07, 6.45) is 5.43. The molecule has 0 saturated heterocycles. The van der Waals surface area contributed by atoms with Crippen molar-refractivity contribution in [3.8, 4) is 0 Å². The summed E-state index contributed by atoms with van der Waals surface area (Å²) in [5.41, 5.74) is 5.93. The first kappa shape index (κ1) is 15.0. The second-order valence-corrected chi connectivity index (χ2v) is 5.66. The Balaban J connectivity index is 1.63. The van der Waals surface area contributed by atoms with Crippen molar-refractivity contribution in [3.63, 3.8) is 0 Å². The summed E-state index contributed by atoms with van der Waals surface area (Å²) in [5.74, 6) is 0.659. The van der Waals surface area contributed by atoms with Gasteiger partial charge in [-0.3, -0.25) is 5.43 Å². The lowest BCUT2D eigenvalue weighted by molar-refractivity contribution is 0.934. The average Bonchev–Trinajstić information content (AvgIpc) is 3.11. The van der Waals surface area contributed by atoms with Crippen LogP contribution in [-0.4, -0.2) is 26.0 Å². The maximum Gasteiger partial charge on any atom is 0.185 e. The minimum atomic E-state index is 0.659. The molecule has 0 fully saturated rings. The van der Waals surface area contributed by atoms with Gasteiger partial charge in [-0.2, -0.15) is 9.62 Å². The van der Waals surface area contributed by atoms with Crippen LogP contribution in [0.15, 0.2) is 71.6 Å². The molecule has 2 aromatic heterocycles. The Hall–Kier alpha value is -3.54. The van der Waals surface area contributed by atoms with Gasteiger partial charge in [-0.25, -0.2) is 0 Å². The highest BCUT2D eigenvalue weighted by atomic mass is 15.4. The molecule has 2 aromatic carbocycles. The Labute approximate surface area is 144 Å². The number of rotatable bonds is 4. The first-order chi connectivity index (χ1) is 12.3. The van der Waals surface area contributed by atoms with Gasteiger partial charge in [0.2, 0.25) is 0 Å². The predicted octanol–water partition coefficient (Wildman–Crippen LogP) is 3.78. The van der Waals surface area contributed by atoms with Crippen molar-refractivity contribution >= 4 is 34.5 Å². The molecule has 6 heteroatoms. The van der Waals surface area contributed by atoms with Crippen molar-refractivity contribution < 1.29 is 0 Å². The number of anilines is 1. The first-order valence-corrected chi connectivity index (χ1v) is 7.92. The second-order valence-electron chi connectivity index (χ2n) is 5.66. The van der Waals surface area contributed by atoms with E-state index in [4.69, 9.17) is 0 Å². The van der Waals surface area contributed by atoms with Crippen LogP contribution in [0.1, 0.15) is 12.5 Å². The fourth-order valence-electron chi connectivity index (χ4n) is 2.65. The molecule has 4 rings (SSSR count). The van der Waals surface area contributed by atoms with Gasteiger partial charge in [0.1, 0.15) is 6.33 Å². The Morgan fingerprint density at radius 1 is 1.04 bits per heavy atom. The molecule has 122 valence electrons. The van der Waals surface area contributed by atoms with Crippen molar-refractivity contribution in [2.75, 3.05) is 5.43 Å². The highest BCUT2D eigenvalue weighted by Crippen LogP contribution is 2.23. The first-order valence-electron chi connectivity index (χ1n) is 7.92. The van der Waals surface area contributed by atoms with Crippen LogP contribution < -0.4 is 5.43 Å². The van der Waals surface area contributed by atoms with E-state index in [1.54, 1.807) is 17.1 Å². The number of nitrogens with one attached hydrogen (secondary N) is 1. The Morgan fingerprint density at radius 3 is 2.64 bits per heavy atom. The van der Waals surface area contributed by atoms with Crippen LogP contribution in [0.5, 0.6) is 0 Å². The normalized spacial score (nSPS) is 12.3. The maximum absolute atomic E-state index is 4.49. The summed E-state index contributed by atoms with van der Waals surface area (Å²) < 4.78 is 1.65. The highest BCUT2D eigenvalue weighted by Gasteiger charge is 2.08. The van der Waals surface area contributed by atoms with Crippen LogP contribution in [0.2, 0.25) is 0 Å². The van der Waals surface area contributed by atoms with E-state index in [9.17, 15) is 0 Å². The second kappa shape index (κ2) is 6.52. The number of hydrogen-bond donors (Lipinski definition) is 1. The monoisotopic (exact) mass is 328 g/mol. The summed E-state index contributed by atoms with van der Waals surface area (Å²) in [6, 6.07) is 18.1. The zero-order valence-corrected chi connectivity index (χ0v) is 13.7. The standard InChI is InChI=1S/C19H16N6/c1-14(11-15-7-3-2-4-8-15)12-20-22-18-16-9-5-6-10-17(16)19-23-21-13-25(19)24-18/h2-13H,1H3,(H,22,24)/b14-11?,20-12-. The smallest absolute Gasteiger partial charge is 0.185 e. The molecule has 0 radical (unpaired) electrons. The van der Waals surface area contributed by atoms with Gasteiger partial charge in [0, 0.05) is 10.8 Å². The number of fused-ring (bicyclic) bond motifs is 3. The lowest BCUT2D eigenvalue weighted by atomic mass is 10.1. The highest BCUT2D eigenvalue weighted by molar-refractivity contribution is 6.00. The van der Waals surface area contributed by atoms with Gasteiger partial charge in [-0.15, -0.1) is 15.3 Å². The fraction of sp³-hybridized carbons (Fsp3) is 0.0526. The molecule has 0 atom stereocenters. The molecular weight excluding hydrogens is 312 g/mol. The van der Waals surface area contributed by atoms with E-state index < -0.39 is 0 Å². The number of nitrogens with zero attached hydrogens (tertiary/aromatic N) is 5. The number of benzene rings is 2. The molecule has 0 aliphatic heterocycles. The maximum atomic E-state index is 4.49. The largest absolute Gasteiger partial charge is 0.259 e. The lowest BCUT2D eigenvalue weighted by Crippen LogP contribution is -2.00. The fourth-order valence-corrected chi connectivity index (χ4v) is 2.65. The van der Waals surface area contributed by atoms with E-state index in [0.29, 0.717) is 5.82 Å². The van der Waals surface area contributed by atoms with Gasteiger partial charge in [0.05, 0.1) is 6.21 Å². The minimum absolute atomic E-state index is 0.659. The van der Waals surface area contributed by atoms with E-state index in [-0.39, 0.29) is 0 Å². The van der Waals surface area contributed by atoms with Crippen LogP contribution in [0, 0.1) is 0 Å². The van der Waals surface area contributed by atoms with E-state index >= 15 is 0 Å². The molecule has 2 heterocycles. The van der Waals surface area contributed by atoms with E-state index in [2.05, 4.69) is 44.0 Å². The van der Waals surface area contributed by atoms with Crippen LogP contribution >= 0.6 is 0 Å². The van der Waals surface area contributed by atoms with Crippen molar-refractivity contribution in [2.45, 2.75) is 6.92 Å². The number of hydrogen-bond acceptors (Lipinski definition) is 5. The molecule has 0 spiro atoms. The van der Waals surface area contributed by atoms with Gasteiger partial charge in [0.15, 0.2) is 11.5 Å². The molecule has 0 aliphatic carbocycles. The Kier molecular flexibility index (Phi) is 3.92. The molecule has 1 N–H and O–H groups in total. The Morgan fingerprint density at radius 2 is 1.80 bits per heavy atom. The zero-order valence-electron chi connectivity index (χ0n) is 13.7. The number of aromatic nitrogens is 4. The number of hydrazone groups is 1. The van der Waals surface area contributed by atoms with Gasteiger partial charge < -0.3 is 0 Å². The van der Waals surface area contributed by atoms with Gasteiger partial charge in [-0.1, -0.05) is 60.7 Å². The van der Waals surface area contributed by atoms with Crippen LogP contribution in [0.3, 0.4) is 0 Å². The quantitative estimate of drug-likeness (QED) is 0.457. The van der Waals surface area contributed by atoms with Gasteiger partial charge >= 0.3 is 0 Å². The third kappa shape index (κ3) is 3.10. The summed E-state index contributed by atoms with van der Waals surface area (Å²) in [7, 11) is 0. The third-order valence-corrected chi connectivity index (χ3v) is 3.79. The molecule has 0 amide bonds.